The van der Waals surface area contributed by atoms with Gasteiger partial charge in [0.25, 0.3) is 5.91 Å². The van der Waals surface area contributed by atoms with E-state index in [0.29, 0.717) is 47.2 Å². The van der Waals surface area contributed by atoms with Crippen LogP contribution in [0.4, 0.5) is 0 Å². The Morgan fingerprint density at radius 2 is 1.76 bits per heavy atom. The molecule has 21 heavy (non-hydrogen) atoms. The molecule has 1 aromatic carbocycles. The molecule has 0 bridgehead atoms. The summed E-state index contributed by atoms with van der Waals surface area (Å²) in [5, 5.41) is 2.79. The van der Waals surface area contributed by atoms with Gasteiger partial charge in [-0.2, -0.15) is 0 Å². The molecule has 1 rings (SSSR count). The third kappa shape index (κ3) is 4.78. The zero-order chi connectivity index (χ0) is 15.8. The molecule has 0 atom stereocenters. The number of carbonyl (C=O) groups is 1. The van der Waals surface area contributed by atoms with E-state index in [9.17, 15) is 4.79 Å². The predicted octanol–water partition coefficient (Wildman–Crippen LogP) is 1.51. The summed E-state index contributed by atoms with van der Waals surface area (Å²) in [6, 6.07) is 3.20. The van der Waals surface area contributed by atoms with Crippen LogP contribution in [0.5, 0.6) is 17.2 Å². The Morgan fingerprint density at radius 3 is 2.19 bits per heavy atom. The number of thiocarbonyl (C=S) groups is 1. The molecule has 0 unspecified atom stereocenters. The fourth-order valence-corrected chi connectivity index (χ4v) is 1.92. The van der Waals surface area contributed by atoms with Crippen molar-refractivity contribution in [2.75, 3.05) is 27.9 Å². The van der Waals surface area contributed by atoms with Gasteiger partial charge in [0.05, 0.1) is 26.3 Å². The molecule has 3 N–H and O–H groups in total. The Hall–Kier alpha value is -2.02. The number of amides is 1. The standard InChI is InChI=1S/C14H20N2O4S/c1-18-10-7-9(8-11(19-2)13(10)20-3)14(17)16-6-4-5-12(15)21/h7-8H,4-6H2,1-3H3,(H2,15,21)(H,16,17). The maximum atomic E-state index is 12.1. The highest BCUT2D eigenvalue weighted by molar-refractivity contribution is 7.80. The number of hydrogen-bond acceptors (Lipinski definition) is 5. The number of nitrogens with one attached hydrogen (secondary N) is 1. The Labute approximate surface area is 129 Å². The van der Waals surface area contributed by atoms with Crippen molar-refractivity contribution in [3.05, 3.63) is 17.7 Å². The normalized spacial score (nSPS) is 9.86. The van der Waals surface area contributed by atoms with Crippen molar-refractivity contribution in [1.82, 2.24) is 5.32 Å². The van der Waals surface area contributed by atoms with Gasteiger partial charge in [-0.3, -0.25) is 4.79 Å². The molecule has 0 saturated heterocycles. The first-order chi connectivity index (χ1) is 10.0. The van der Waals surface area contributed by atoms with Gasteiger partial charge < -0.3 is 25.3 Å². The first-order valence-corrected chi connectivity index (χ1v) is 6.80. The molecule has 1 amide bonds. The summed E-state index contributed by atoms with van der Waals surface area (Å²) in [6.45, 7) is 0.493. The minimum absolute atomic E-state index is 0.225. The second kappa shape index (κ2) is 8.31. The van der Waals surface area contributed by atoms with E-state index < -0.39 is 0 Å². The average Bonchev–Trinajstić information content (AvgIpc) is 2.49. The second-order valence-electron chi connectivity index (χ2n) is 4.24. The van der Waals surface area contributed by atoms with Gasteiger partial charge in [-0.05, 0) is 25.0 Å². The van der Waals surface area contributed by atoms with Gasteiger partial charge in [0, 0.05) is 12.1 Å². The highest BCUT2D eigenvalue weighted by Gasteiger charge is 2.16. The average molecular weight is 312 g/mol. The van der Waals surface area contributed by atoms with E-state index >= 15 is 0 Å². The molecule has 6 nitrogen and oxygen atoms in total. The molecule has 0 aliphatic rings. The molecule has 0 fully saturated rings. The van der Waals surface area contributed by atoms with E-state index in [1.54, 1.807) is 12.1 Å². The molecule has 0 radical (unpaired) electrons. The van der Waals surface area contributed by atoms with Crippen molar-refractivity contribution >= 4 is 23.1 Å². The zero-order valence-electron chi connectivity index (χ0n) is 12.4. The summed E-state index contributed by atoms with van der Waals surface area (Å²) in [6.07, 6.45) is 1.30. The Morgan fingerprint density at radius 1 is 1.19 bits per heavy atom. The minimum atomic E-state index is -0.225. The SMILES string of the molecule is COc1cc(C(=O)NCCCC(N)=S)cc(OC)c1OC. The van der Waals surface area contributed by atoms with Crippen LogP contribution in [0.2, 0.25) is 0 Å². The van der Waals surface area contributed by atoms with E-state index in [2.05, 4.69) is 5.32 Å². The molecular weight excluding hydrogens is 292 g/mol. The first kappa shape index (κ1) is 17.0. The fourth-order valence-electron chi connectivity index (χ4n) is 1.78. The Bertz CT molecular complexity index is 495. The van der Waals surface area contributed by atoms with Crippen molar-refractivity contribution < 1.29 is 19.0 Å². The van der Waals surface area contributed by atoms with Crippen molar-refractivity contribution in [3.63, 3.8) is 0 Å². The summed E-state index contributed by atoms with van der Waals surface area (Å²) in [5.74, 6) is 1.09. The summed E-state index contributed by atoms with van der Waals surface area (Å²) < 4.78 is 15.6. The fraction of sp³-hybridized carbons (Fsp3) is 0.429. The quantitative estimate of drug-likeness (QED) is 0.559. The monoisotopic (exact) mass is 312 g/mol. The van der Waals surface area contributed by atoms with Gasteiger partial charge in [-0.1, -0.05) is 12.2 Å². The van der Waals surface area contributed by atoms with Crippen LogP contribution in [-0.4, -0.2) is 38.8 Å². The molecule has 0 aromatic heterocycles. The number of benzene rings is 1. The number of nitrogens with two attached hydrogens (primary N) is 1. The van der Waals surface area contributed by atoms with Crippen LogP contribution in [0.15, 0.2) is 12.1 Å². The van der Waals surface area contributed by atoms with Crippen LogP contribution in [0, 0.1) is 0 Å². The van der Waals surface area contributed by atoms with Gasteiger partial charge in [0.1, 0.15) is 0 Å². The lowest BCUT2D eigenvalue weighted by molar-refractivity contribution is 0.0952. The summed E-state index contributed by atoms with van der Waals surface area (Å²) in [7, 11) is 4.51. The predicted molar refractivity (Wildman–Crippen MR) is 84.5 cm³/mol. The van der Waals surface area contributed by atoms with Crippen molar-refractivity contribution in [3.8, 4) is 17.2 Å². The maximum Gasteiger partial charge on any atom is 0.251 e. The van der Waals surface area contributed by atoms with Crippen LogP contribution in [0.1, 0.15) is 23.2 Å². The van der Waals surface area contributed by atoms with Crippen LogP contribution in [-0.2, 0) is 0 Å². The van der Waals surface area contributed by atoms with Gasteiger partial charge in [0.2, 0.25) is 5.75 Å². The second-order valence-corrected chi connectivity index (χ2v) is 4.76. The Kier molecular flexibility index (Phi) is 6.74. The number of ether oxygens (including phenoxy) is 3. The van der Waals surface area contributed by atoms with Crippen molar-refractivity contribution in [2.45, 2.75) is 12.8 Å². The molecular formula is C14H20N2O4S. The minimum Gasteiger partial charge on any atom is -0.493 e. The van der Waals surface area contributed by atoms with Gasteiger partial charge in [0.15, 0.2) is 11.5 Å². The van der Waals surface area contributed by atoms with Crippen LogP contribution in [0.3, 0.4) is 0 Å². The van der Waals surface area contributed by atoms with Crippen LogP contribution in [0.25, 0.3) is 0 Å². The molecule has 0 aliphatic heterocycles. The largest absolute Gasteiger partial charge is 0.493 e. The third-order valence-corrected chi connectivity index (χ3v) is 3.02. The molecule has 0 heterocycles. The number of hydrogen-bond donors (Lipinski definition) is 2. The van der Waals surface area contributed by atoms with Crippen LogP contribution >= 0.6 is 12.2 Å². The molecule has 116 valence electrons. The van der Waals surface area contributed by atoms with Gasteiger partial charge in [-0.15, -0.1) is 0 Å². The van der Waals surface area contributed by atoms with Gasteiger partial charge in [-0.25, -0.2) is 0 Å². The third-order valence-electron chi connectivity index (χ3n) is 2.81. The van der Waals surface area contributed by atoms with E-state index in [4.69, 9.17) is 32.2 Å². The maximum absolute atomic E-state index is 12.1. The Balaban J connectivity index is 2.82. The molecule has 7 heteroatoms. The smallest absolute Gasteiger partial charge is 0.251 e. The number of carbonyl (C=O) groups excluding carboxylic acids is 1. The van der Waals surface area contributed by atoms with E-state index in [-0.39, 0.29) is 5.91 Å². The molecule has 1 aromatic rings. The summed E-state index contributed by atoms with van der Waals surface area (Å²) in [4.78, 5) is 12.5. The number of rotatable bonds is 8. The van der Waals surface area contributed by atoms with Crippen molar-refractivity contribution in [1.29, 1.82) is 0 Å². The van der Waals surface area contributed by atoms with E-state index in [1.807, 2.05) is 0 Å². The molecule has 0 aliphatic carbocycles. The highest BCUT2D eigenvalue weighted by atomic mass is 32.1. The van der Waals surface area contributed by atoms with E-state index in [1.165, 1.54) is 21.3 Å². The molecule has 0 spiro atoms. The highest BCUT2D eigenvalue weighted by Crippen LogP contribution is 2.38. The van der Waals surface area contributed by atoms with E-state index in [0.717, 1.165) is 0 Å². The number of methoxy groups -OCH3 is 3. The van der Waals surface area contributed by atoms with Crippen molar-refractivity contribution in [2.24, 2.45) is 5.73 Å². The lowest BCUT2D eigenvalue weighted by Gasteiger charge is -2.14. The lowest BCUT2D eigenvalue weighted by Crippen LogP contribution is -2.25. The van der Waals surface area contributed by atoms with Gasteiger partial charge >= 0.3 is 0 Å². The summed E-state index contributed by atoms with van der Waals surface area (Å²) >= 11 is 4.78. The summed E-state index contributed by atoms with van der Waals surface area (Å²) in [5.41, 5.74) is 5.83. The van der Waals surface area contributed by atoms with Crippen LogP contribution < -0.4 is 25.3 Å². The first-order valence-electron chi connectivity index (χ1n) is 6.40. The molecule has 0 saturated carbocycles. The lowest BCUT2D eigenvalue weighted by atomic mass is 10.1. The zero-order valence-corrected chi connectivity index (χ0v) is 13.2. The topological polar surface area (TPSA) is 82.8 Å².